The van der Waals surface area contributed by atoms with Crippen molar-refractivity contribution < 1.29 is 29.3 Å². The summed E-state index contributed by atoms with van der Waals surface area (Å²) in [4.78, 5) is 26.8. The van der Waals surface area contributed by atoms with E-state index in [4.69, 9.17) is 9.47 Å². The van der Waals surface area contributed by atoms with E-state index in [-0.39, 0.29) is 30.2 Å². The number of carbonyl (C=O) groups excluding carboxylic acids is 2. The Hall–Kier alpha value is -3.32. The molecule has 1 amide bonds. The minimum Gasteiger partial charge on any atom is -0.508 e. The summed E-state index contributed by atoms with van der Waals surface area (Å²) in [6, 6.07) is 12.1. The first-order valence-electron chi connectivity index (χ1n) is 9.27. The van der Waals surface area contributed by atoms with Crippen LogP contribution in [0.4, 0.5) is 0 Å². The highest BCUT2D eigenvalue weighted by Crippen LogP contribution is 2.40. The first-order valence-corrected chi connectivity index (χ1v) is 9.27. The maximum absolute atomic E-state index is 12.8. The van der Waals surface area contributed by atoms with Crippen molar-refractivity contribution in [1.82, 2.24) is 4.90 Å². The molecule has 0 bridgehead atoms. The van der Waals surface area contributed by atoms with Gasteiger partial charge in [-0.25, -0.2) is 0 Å². The molecule has 1 saturated heterocycles. The Balaban J connectivity index is 2.10. The maximum Gasteiger partial charge on any atom is 0.295 e. The van der Waals surface area contributed by atoms with E-state index >= 15 is 0 Å². The molecule has 2 N–H and O–H groups in total. The quantitative estimate of drug-likeness (QED) is 0.424. The maximum atomic E-state index is 12.8. The van der Waals surface area contributed by atoms with E-state index < -0.39 is 17.7 Å². The van der Waals surface area contributed by atoms with Crippen LogP contribution in [-0.4, -0.2) is 53.7 Å². The number of phenols is 1. The van der Waals surface area contributed by atoms with E-state index in [9.17, 15) is 19.8 Å². The van der Waals surface area contributed by atoms with Gasteiger partial charge in [0.05, 0.1) is 24.8 Å². The van der Waals surface area contributed by atoms with Gasteiger partial charge in [-0.15, -0.1) is 0 Å². The number of aromatic hydroxyl groups is 1. The van der Waals surface area contributed by atoms with Gasteiger partial charge in [0.25, 0.3) is 11.7 Å². The summed E-state index contributed by atoms with van der Waals surface area (Å²) >= 11 is 0. The highest BCUT2D eigenvalue weighted by atomic mass is 16.5. The number of hydrogen-bond acceptors (Lipinski definition) is 6. The van der Waals surface area contributed by atoms with Crippen molar-refractivity contribution in [2.24, 2.45) is 0 Å². The normalized spacial score (nSPS) is 18.3. The molecule has 0 saturated carbocycles. The van der Waals surface area contributed by atoms with Crippen molar-refractivity contribution in [2.75, 3.05) is 26.9 Å². The van der Waals surface area contributed by atoms with Crippen LogP contribution in [0.1, 0.15) is 24.1 Å². The van der Waals surface area contributed by atoms with Crippen molar-refractivity contribution in [3.05, 3.63) is 65.2 Å². The molecule has 0 aliphatic carbocycles. The lowest BCUT2D eigenvalue weighted by molar-refractivity contribution is -0.140. The third kappa shape index (κ3) is 4.09. The van der Waals surface area contributed by atoms with Gasteiger partial charge in [0.2, 0.25) is 0 Å². The zero-order chi connectivity index (χ0) is 21.0. The van der Waals surface area contributed by atoms with Crippen LogP contribution < -0.4 is 4.74 Å². The minimum absolute atomic E-state index is 0.000830. The number of ether oxygens (including phenoxy) is 2. The summed E-state index contributed by atoms with van der Waals surface area (Å²) in [6.45, 7) is 2.77. The first-order chi connectivity index (χ1) is 14.0. The molecule has 0 aromatic heterocycles. The Morgan fingerprint density at radius 2 is 1.86 bits per heavy atom. The molecule has 1 unspecified atom stereocenters. The summed E-state index contributed by atoms with van der Waals surface area (Å²) in [5.74, 6) is -1.14. The van der Waals surface area contributed by atoms with Gasteiger partial charge in [0, 0.05) is 19.2 Å². The van der Waals surface area contributed by atoms with Gasteiger partial charge < -0.3 is 24.6 Å². The lowest BCUT2D eigenvalue weighted by Gasteiger charge is -2.25. The number of likely N-dealkylation sites (tertiary alicyclic amines) is 1. The second-order valence-corrected chi connectivity index (χ2v) is 6.54. The van der Waals surface area contributed by atoms with E-state index in [1.807, 2.05) is 6.92 Å². The molecule has 7 heteroatoms. The standard InChI is InChI=1S/C22H23NO6/c1-3-29-17-9-7-14(8-10-17)20(25)18-19(15-5-4-6-16(24)13-15)23(11-12-28-2)22(27)21(18)26/h4-10,13,19,24-25H,3,11-12H2,1-2H3/b20-18+. The van der Waals surface area contributed by atoms with Crippen molar-refractivity contribution in [2.45, 2.75) is 13.0 Å². The number of carbonyl (C=O) groups is 2. The van der Waals surface area contributed by atoms with E-state index in [1.54, 1.807) is 36.4 Å². The van der Waals surface area contributed by atoms with Crippen molar-refractivity contribution in [1.29, 1.82) is 0 Å². The number of hydrogen-bond donors (Lipinski definition) is 2. The molecule has 3 rings (SSSR count). The number of amides is 1. The molecule has 1 atom stereocenters. The predicted molar refractivity (Wildman–Crippen MR) is 107 cm³/mol. The second kappa shape index (κ2) is 8.79. The highest BCUT2D eigenvalue weighted by molar-refractivity contribution is 6.46. The molecule has 29 heavy (non-hydrogen) atoms. The van der Waals surface area contributed by atoms with Gasteiger partial charge in [-0.1, -0.05) is 12.1 Å². The molecule has 152 valence electrons. The van der Waals surface area contributed by atoms with Gasteiger partial charge in [0.1, 0.15) is 17.3 Å². The van der Waals surface area contributed by atoms with Crippen LogP contribution in [-0.2, 0) is 14.3 Å². The fourth-order valence-electron chi connectivity index (χ4n) is 3.37. The molecule has 1 aliphatic rings. The second-order valence-electron chi connectivity index (χ2n) is 6.54. The van der Waals surface area contributed by atoms with E-state index in [1.165, 1.54) is 24.1 Å². The summed E-state index contributed by atoms with van der Waals surface area (Å²) in [5, 5.41) is 20.8. The first kappa shape index (κ1) is 20.4. The molecule has 1 aliphatic heterocycles. The zero-order valence-electron chi connectivity index (χ0n) is 16.3. The topological polar surface area (TPSA) is 96.3 Å². The third-order valence-corrected chi connectivity index (χ3v) is 4.70. The van der Waals surface area contributed by atoms with Crippen LogP contribution in [0.3, 0.4) is 0 Å². The van der Waals surface area contributed by atoms with Crippen LogP contribution in [0.25, 0.3) is 5.76 Å². The number of ketones is 1. The Kier molecular flexibility index (Phi) is 6.19. The minimum atomic E-state index is -0.830. The summed E-state index contributed by atoms with van der Waals surface area (Å²) in [6.07, 6.45) is 0. The van der Waals surface area contributed by atoms with E-state index in [0.29, 0.717) is 23.5 Å². The summed E-state index contributed by atoms with van der Waals surface area (Å²) in [7, 11) is 1.50. The lowest BCUT2D eigenvalue weighted by Crippen LogP contribution is -2.32. The Morgan fingerprint density at radius 3 is 2.48 bits per heavy atom. The number of nitrogens with zero attached hydrogens (tertiary/aromatic N) is 1. The summed E-state index contributed by atoms with van der Waals surface area (Å²) in [5.41, 5.74) is 0.886. The van der Waals surface area contributed by atoms with Gasteiger partial charge in [0.15, 0.2) is 0 Å². The van der Waals surface area contributed by atoms with E-state index in [2.05, 4.69) is 0 Å². The van der Waals surface area contributed by atoms with E-state index in [0.717, 1.165) is 0 Å². The molecule has 0 radical (unpaired) electrons. The molecule has 7 nitrogen and oxygen atoms in total. The predicted octanol–water partition coefficient (Wildman–Crippen LogP) is 2.86. The fourth-order valence-corrected chi connectivity index (χ4v) is 3.37. The van der Waals surface area contributed by atoms with Gasteiger partial charge in [-0.2, -0.15) is 0 Å². The van der Waals surface area contributed by atoms with Gasteiger partial charge in [-0.3, -0.25) is 9.59 Å². The Labute approximate surface area is 168 Å². The number of Topliss-reactive ketones (excluding diaryl/α,β-unsaturated/α-hetero) is 1. The molecular weight excluding hydrogens is 374 g/mol. The largest absolute Gasteiger partial charge is 0.508 e. The molecule has 2 aromatic carbocycles. The average Bonchev–Trinajstić information content (AvgIpc) is 2.97. The number of aliphatic hydroxyl groups excluding tert-OH is 1. The Morgan fingerprint density at radius 1 is 1.14 bits per heavy atom. The monoisotopic (exact) mass is 397 g/mol. The molecule has 2 aromatic rings. The van der Waals surface area contributed by atoms with Gasteiger partial charge >= 0.3 is 0 Å². The van der Waals surface area contributed by atoms with Crippen LogP contribution in [0.15, 0.2) is 54.1 Å². The Bertz CT molecular complexity index is 935. The number of methoxy groups -OCH3 is 1. The SMILES string of the molecule is CCOc1ccc(/C(O)=C2\C(=O)C(=O)N(CCOC)C2c2cccc(O)c2)cc1. The van der Waals surface area contributed by atoms with Gasteiger partial charge in [-0.05, 0) is 48.9 Å². The number of aliphatic hydroxyl groups is 1. The number of rotatable bonds is 7. The smallest absolute Gasteiger partial charge is 0.295 e. The van der Waals surface area contributed by atoms with Crippen LogP contribution in [0.2, 0.25) is 0 Å². The fraction of sp³-hybridized carbons (Fsp3) is 0.273. The lowest BCUT2D eigenvalue weighted by atomic mass is 9.95. The molecular formula is C22H23NO6. The molecule has 0 spiro atoms. The number of phenolic OH excluding ortho intramolecular Hbond substituents is 1. The van der Waals surface area contributed by atoms with Crippen molar-refractivity contribution in [3.63, 3.8) is 0 Å². The van der Waals surface area contributed by atoms with Crippen LogP contribution in [0.5, 0.6) is 11.5 Å². The molecule has 1 fully saturated rings. The number of benzene rings is 2. The zero-order valence-corrected chi connectivity index (χ0v) is 16.3. The van der Waals surface area contributed by atoms with Crippen molar-refractivity contribution >= 4 is 17.4 Å². The van der Waals surface area contributed by atoms with Crippen LogP contribution in [0, 0.1) is 0 Å². The van der Waals surface area contributed by atoms with Crippen LogP contribution >= 0.6 is 0 Å². The van der Waals surface area contributed by atoms with Crippen molar-refractivity contribution in [3.8, 4) is 11.5 Å². The third-order valence-electron chi connectivity index (χ3n) is 4.70. The molecule has 1 heterocycles. The average molecular weight is 397 g/mol. The summed E-state index contributed by atoms with van der Waals surface area (Å²) < 4.78 is 10.5. The highest BCUT2D eigenvalue weighted by Gasteiger charge is 2.45.